The van der Waals surface area contributed by atoms with Crippen molar-refractivity contribution < 1.29 is 0 Å². The first-order chi connectivity index (χ1) is 14.5. The first-order valence-electron chi connectivity index (χ1n) is 11.3. The Balaban J connectivity index is 1.61. The van der Waals surface area contributed by atoms with Crippen molar-refractivity contribution in [1.82, 2.24) is 0 Å². The second-order valence-electron chi connectivity index (χ2n) is 9.31. The van der Waals surface area contributed by atoms with Crippen LogP contribution in [0.4, 0.5) is 0 Å². The third-order valence-corrected chi connectivity index (χ3v) is 7.30. The van der Waals surface area contributed by atoms with Gasteiger partial charge in [0, 0.05) is 5.41 Å². The zero-order chi connectivity index (χ0) is 21.3. The van der Waals surface area contributed by atoms with E-state index in [1.165, 1.54) is 64.6 Å². The summed E-state index contributed by atoms with van der Waals surface area (Å²) in [6.07, 6.45) is 12.5. The summed E-state index contributed by atoms with van der Waals surface area (Å²) in [4.78, 5) is 0. The fraction of sp³-hybridized carbons (Fsp3) is 0.333. The Morgan fingerprint density at radius 2 is 1.87 bits per heavy atom. The van der Waals surface area contributed by atoms with Gasteiger partial charge in [0.05, 0.1) is 0 Å². The van der Waals surface area contributed by atoms with Gasteiger partial charge in [-0.15, -0.1) is 6.58 Å². The van der Waals surface area contributed by atoms with E-state index in [4.69, 9.17) is 0 Å². The minimum absolute atomic E-state index is 0.210. The summed E-state index contributed by atoms with van der Waals surface area (Å²) in [5.41, 5.74) is 9.48. The number of hydrogen-bond donors (Lipinski definition) is 0. The van der Waals surface area contributed by atoms with Crippen molar-refractivity contribution in [2.24, 2.45) is 11.8 Å². The molecule has 0 aliphatic heterocycles. The van der Waals surface area contributed by atoms with Gasteiger partial charge in [0.25, 0.3) is 0 Å². The maximum atomic E-state index is 4.57. The fourth-order valence-corrected chi connectivity index (χ4v) is 4.76. The van der Waals surface area contributed by atoms with Crippen molar-refractivity contribution >= 4 is 11.6 Å². The van der Waals surface area contributed by atoms with E-state index in [0.717, 1.165) is 12.3 Å². The Hall–Kier alpha value is -2.60. The minimum atomic E-state index is 0.210. The van der Waals surface area contributed by atoms with Crippen LogP contribution in [-0.4, -0.2) is 0 Å². The second kappa shape index (κ2) is 8.26. The SMILES string of the molecule is C=CCc1ccccc1C(=C)C(C)C1(c2ccc(C)c(/C=C\C(=C)C3CC3)c2)CC1. The first kappa shape index (κ1) is 20.7. The lowest BCUT2D eigenvalue weighted by Gasteiger charge is -2.28. The van der Waals surface area contributed by atoms with Crippen molar-refractivity contribution in [2.75, 3.05) is 0 Å². The molecule has 1 unspecified atom stereocenters. The van der Waals surface area contributed by atoms with Gasteiger partial charge in [0.15, 0.2) is 0 Å². The molecule has 0 bridgehead atoms. The van der Waals surface area contributed by atoms with Crippen molar-refractivity contribution in [3.63, 3.8) is 0 Å². The highest BCUT2D eigenvalue weighted by Crippen LogP contribution is 2.57. The van der Waals surface area contributed by atoms with Gasteiger partial charge in [-0.25, -0.2) is 0 Å². The summed E-state index contributed by atoms with van der Waals surface area (Å²) in [6, 6.07) is 15.7. The maximum absolute atomic E-state index is 4.57. The number of hydrogen-bond acceptors (Lipinski definition) is 0. The Morgan fingerprint density at radius 1 is 1.13 bits per heavy atom. The Morgan fingerprint density at radius 3 is 2.53 bits per heavy atom. The molecule has 2 saturated carbocycles. The normalized spacial score (nSPS) is 18.2. The van der Waals surface area contributed by atoms with Crippen LogP contribution >= 0.6 is 0 Å². The molecule has 0 aromatic heterocycles. The van der Waals surface area contributed by atoms with Gasteiger partial charge < -0.3 is 0 Å². The van der Waals surface area contributed by atoms with E-state index in [0.29, 0.717) is 5.92 Å². The predicted octanol–water partition coefficient (Wildman–Crippen LogP) is 8.08. The third kappa shape index (κ3) is 4.01. The largest absolute Gasteiger partial charge is 0.103 e. The molecular formula is C30H34. The van der Waals surface area contributed by atoms with Crippen molar-refractivity contribution in [1.29, 1.82) is 0 Å². The summed E-state index contributed by atoms with van der Waals surface area (Å²) in [5, 5.41) is 0. The van der Waals surface area contributed by atoms with Crippen molar-refractivity contribution in [3.05, 3.63) is 108 Å². The average Bonchev–Trinajstić information content (AvgIpc) is 3.66. The van der Waals surface area contributed by atoms with Crippen LogP contribution in [0.15, 0.2) is 79.9 Å². The highest BCUT2D eigenvalue weighted by molar-refractivity contribution is 5.71. The van der Waals surface area contributed by atoms with Crippen LogP contribution in [0.1, 0.15) is 60.4 Å². The summed E-state index contributed by atoms with van der Waals surface area (Å²) in [7, 11) is 0. The zero-order valence-electron chi connectivity index (χ0n) is 18.6. The lowest BCUT2D eigenvalue weighted by molar-refractivity contribution is 0.547. The number of allylic oxidation sites excluding steroid dienone is 4. The topological polar surface area (TPSA) is 0 Å². The molecule has 2 aliphatic rings. The van der Waals surface area contributed by atoms with Gasteiger partial charge >= 0.3 is 0 Å². The van der Waals surface area contributed by atoms with E-state index >= 15 is 0 Å². The van der Waals surface area contributed by atoms with Gasteiger partial charge in [0.2, 0.25) is 0 Å². The molecule has 4 rings (SSSR count). The quantitative estimate of drug-likeness (QED) is 0.298. The molecule has 0 amide bonds. The van der Waals surface area contributed by atoms with Crippen LogP contribution in [0.3, 0.4) is 0 Å². The van der Waals surface area contributed by atoms with Gasteiger partial charge in [-0.1, -0.05) is 86.3 Å². The van der Waals surface area contributed by atoms with Gasteiger partial charge in [-0.05, 0) is 84.3 Å². The molecule has 2 aromatic carbocycles. The Kier molecular flexibility index (Phi) is 5.69. The predicted molar refractivity (Wildman–Crippen MR) is 132 cm³/mol. The number of benzene rings is 2. The molecular weight excluding hydrogens is 360 g/mol. The summed E-state index contributed by atoms with van der Waals surface area (Å²) < 4.78 is 0. The summed E-state index contributed by atoms with van der Waals surface area (Å²) in [6.45, 7) is 17.3. The zero-order valence-corrected chi connectivity index (χ0v) is 18.6. The second-order valence-corrected chi connectivity index (χ2v) is 9.31. The molecule has 0 heteroatoms. The van der Waals surface area contributed by atoms with E-state index < -0.39 is 0 Å². The number of aryl methyl sites for hydroxylation is 1. The Bertz CT molecular complexity index is 1010. The smallest absolute Gasteiger partial charge is 0.00198 e. The molecule has 154 valence electrons. The van der Waals surface area contributed by atoms with E-state index in [2.05, 4.69) is 88.2 Å². The average molecular weight is 395 g/mol. The van der Waals surface area contributed by atoms with E-state index in [9.17, 15) is 0 Å². The molecule has 30 heavy (non-hydrogen) atoms. The van der Waals surface area contributed by atoms with Crippen LogP contribution < -0.4 is 0 Å². The fourth-order valence-electron chi connectivity index (χ4n) is 4.76. The molecule has 1 atom stereocenters. The maximum Gasteiger partial charge on any atom is 0.00198 e. The van der Waals surface area contributed by atoms with Crippen LogP contribution in [0.2, 0.25) is 0 Å². The Labute approximate surface area is 182 Å². The van der Waals surface area contributed by atoms with Crippen LogP contribution in [0, 0.1) is 18.8 Å². The van der Waals surface area contributed by atoms with E-state index in [1.807, 2.05) is 6.08 Å². The van der Waals surface area contributed by atoms with Crippen molar-refractivity contribution in [3.8, 4) is 0 Å². The summed E-state index contributed by atoms with van der Waals surface area (Å²) in [5.74, 6) is 1.13. The van der Waals surface area contributed by atoms with Gasteiger partial charge in [-0.3, -0.25) is 0 Å². The molecule has 0 nitrogen and oxygen atoms in total. The van der Waals surface area contributed by atoms with E-state index in [-0.39, 0.29) is 5.41 Å². The standard InChI is InChI=1S/C30H34/c1-6-9-26-10-7-8-11-29(26)23(4)24(5)30(18-19-30)28-17-13-22(3)27(20-28)14-12-21(2)25-15-16-25/h6-8,10-14,17,20,24-25H,1-2,4,9,15-16,18-19H2,3,5H3/b14-12-. The first-order valence-corrected chi connectivity index (χ1v) is 11.3. The third-order valence-electron chi connectivity index (χ3n) is 7.30. The monoisotopic (exact) mass is 394 g/mol. The van der Waals surface area contributed by atoms with Crippen LogP contribution in [-0.2, 0) is 11.8 Å². The summed E-state index contributed by atoms with van der Waals surface area (Å²) >= 11 is 0. The van der Waals surface area contributed by atoms with Gasteiger partial charge in [-0.2, -0.15) is 0 Å². The molecule has 0 spiro atoms. The molecule has 0 N–H and O–H groups in total. The molecule has 0 heterocycles. The molecule has 2 aliphatic carbocycles. The molecule has 2 aromatic rings. The lowest BCUT2D eigenvalue weighted by Crippen LogP contribution is -2.19. The lowest BCUT2D eigenvalue weighted by atomic mass is 9.76. The number of rotatable bonds is 9. The van der Waals surface area contributed by atoms with Crippen LogP contribution in [0.25, 0.3) is 11.6 Å². The molecule has 2 fully saturated rings. The van der Waals surface area contributed by atoms with E-state index in [1.54, 1.807) is 0 Å². The highest BCUT2D eigenvalue weighted by atomic mass is 14.5. The molecule has 0 saturated heterocycles. The van der Waals surface area contributed by atoms with Crippen LogP contribution in [0.5, 0.6) is 0 Å². The minimum Gasteiger partial charge on any atom is -0.103 e. The van der Waals surface area contributed by atoms with Gasteiger partial charge in [0.1, 0.15) is 0 Å². The highest BCUT2D eigenvalue weighted by Gasteiger charge is 2.49. The van der Waals surface area contributed by atoms with Crippen molar-refractivity contribution in [2.45, 2.75) is 51.4 Å². The molecule has 0 radical (unpaired) electrons.